The summed E-state index contributed by atoms with van der Waals surface area (Å²) < 4.78 is 0. The number of carbonyl (C=O) groups excluding carboxylic acids is 1. The number of hydrogen-bond acceptors (Lipinski definition) is 3. The van der Waals surface area contributed by atoms with Gasteiger partial charge < -0.3 is 9.80 Å². The zero-order chi connectivity index (χ0) is 14.7. The normalized spacial score (nSPS) is 29.6. The van der Waals surface area contributed by atoms with Crippen molar-refractivity contribution in [3.63, 3.8) is 0 Å². The molecule has 20 heavy (non-hydrogen) atoms. The van der Waals surface area contributed by atoms with Crippen LogP contribution in [-0.2, 0) is 4.79 Å². The summed E-state index contributed by atoms with van der Waals surface area (Å²) in [5.41, 5.74) is 0. The first kappa shape index (κ1) is 15.8. The van der Waals surface area contributed by atoms with Crippen LogP contribution < -0.4 is 5.32 Å². The summed E-state index contributed by atoms with van der Waals surface area (Å²) in [7, 11) is 0. The second-order valence-electron chi connectivity index (χ2n) is 6.63. The highest BCUT2D eigenvalue weighted by molar-refractivity contribution is 5.84. The van der Waals surface area contributed by atoms with E-state index in [4.69, 9.17) is 0 Å². The van der Waals surface area contributed by atoms with Gasteiger partial charge in [0, 0.05) is 19.1 Å². The molecule has 1 amide bonds. The van der Waals surface area contributed by atoms with Gasteiger partial charge in [-0.25, -0.2) is 0 Å². The maximum Gasteiger partial charge on any atom is 0.241 e. The molecule has 2 rings (SSSR count). The highest BCUT2D eigenvalue weighted by Crippen LogP contribution is 2.27. The molecule has 0 saturated carbocycles. The predicted octanol–water partition coefficient (Wildman–Crippen LogP) is 2.05. The van der Waals surface area contributed by atoms with Crippen LogP contribution in [0.2, 0.25) is 0 Å². The van der Waals surface area contributed by atoms with Crippen molar-refractivity contribution in [2.24, 2.45) is 5.92 Å². The van der Waals surface area contributed by atoms with E-state index in [0.717, 1.165) is 32.4 Å². The van der Waals surface area contributed by atoms with E-state index in [1.165, 1.54) is 13.0 Å². The van der Waals surface area contributed by atoms with Crippen LogP contribution in [0, 0.1) is 5.92 Å². The average Bonchev–Trinajstić information content (AvgIpc) is 2.77. The summed E-state index contributed by atoms with van der Waals surface area (Å²) in [5.74, 6) is 0.810. The zero-order valence-electron chi connectivity index (χ0n) is 13.6. The third-order valence-corrected chi connectivity index (χ3v) is 4.75. The van der Waals surface area contributed by atoms with Crippen LogP contribution in [0.4, 0.5) is 0 Å². The van der Waals surface area contributed by atoms with E-state index in [-0.39, 0.29) is 12.2 Å². The standard InChI is InChI=1S/C16H31N3O/c1-5-9-18-10-7-13(8-11-18)19-15(12(3)4)17-14(6-2)16(19)20/h12-15,17H,5-11H2,1-4H3. The topological polar surface area (TPSA) is 35.6 Å². The zero-order valence-corrected chi connectivity index (χ0v) is 13.6. The molecular weight excluding hydrogens is 250 g/mol. The Morgan fingerprint density at radius 1 is 1.25 bits per heavy atom. The molecule has 0 radical (unpaired) electrons. The van der Waals surface area contributed by atoms with E-state index >= 15 is 0 Å². The van der Waals surface area contributed by atoms with E-state index in [1.807, 2.05) is 0 Å². The quantitative estimate of drug-likeness (QED) is 0.838. The highest BCUT2D eigenvalue weighted by atomic mass is 16.2. The van der Waals surface area contributed by atoms with Crippen molar-refractivity contribution in [1.29, 1.82) is 0 Å². The van der Waals surface area contributed by atoms with Gasteiger partial charge in [0.2, 0.25) is 5.91 Å². The minimum atomic E-state index is 0.0380. The minimum Gasteiger partial charge on any atom is -0.322 e. The van der Waals surface area contributed by atoms with Gasteiger partial charge in [-0.1, -0.05) is 27.7 Å². The van der Waals surface area contributed by atoms with E-state index < -0.39 is 0 Å². The van der Waals surface area contributed by atoms with E-state index in [0.29, 0.717) is 17.9 Å². The lowest BCUT2D eigenvalue weighted by Gasteiger charge is -2.40. The fourth-order valence-electron chi connectivity index (χ4n) is 3.63. The van der Waals surface area contributed by atoms with E-state index in [1.54, 1.807) is 0 Å². The Bertz CT molecular complexity index is 324. The van der Waals surface area contributed by atoms with Crippen LogP contribution in [0.25, 0.3) is 0 Å². The molecule has 0 aromatic carbocycles. The van der Waals surface area contributed by atoms with Crippen molar-refractivity contribution < 1.29 is 4.79 Å². The molecule has 116 valence electrons. The highest BCUT2D eigenvalue weighted by Gasteiger charge is 2.43. The molecule has 0 aromatic heterocycles. The first-order valence-corrected chi connectivity index (χ1v) is 8.39. The first-order chi connectivity index (χ1) is 9.58. The number of amides is 1. The van der Waals surface area contributed by atoms with Crippen molar-refractivity contribution >= 4 is 5.91 Å². The summed E-state index contributed by atoms with van der Waals surface area (Å²) in [4.78, 5) is 17.3. The van der Waals surface area contributed by atoms with Gasteiger partial charge in [0.05, 0.1) is 12.2 Å². The number of nitrogens with one attached hydrogen (secondary N) is 1. The Labute approximate surface area is 123 Å². The summed E-state index contributed by atoms with van der Waals surface area (Å²) in [6.07, 6.45) is 4.62. The van der Waals surface area contributed by atoms with Crippen LogP contribution in [0.15, 0.2) is 0 Å². The molecule has 2 saturated heterocycles. The van der Waals surface area contributed by atoms with Crippen LogP contribution in [-0.4, -0.2) is 53.6 Å². The first-order valence-electron chi connectivity index (χ1n) is 8.39. The molecule has 0 aromatic rings. The molecule has 2 unspecified atom stereocenters. The smallest absolute Gasteiger partial charge is 0.241 e. The van der Waals surface area contributed by atoms with Gasteiger partial charge in [-0.2, -0.15) is 0 Å². The van der Waals surface area contributed by atoms with Crippen LogP contribution in [0.3, 0.4) is 0 Å². The van der Waals surface area contributed by atoms with Crippen LogP contribution in [0.1, 0.15) is 53.4 Å². The average molecular weight is 281 g/mol. The number of hydrogen-bond donors (Lipinski definition) is 1. The van der Waals surface area contributed by atoms with Gasteiger partial charge in [-0.3, -0.25) is 10.1 Å². The Hall–Kier alpha value is -0.610. The molecule has 0 aliphatic carbocycles. The minimum absolute atomic E-state index is 0.0380. The van der Waals surface area contributed by atoms with Crippen molar-refractivity contribution in [3.8, 4) is 0 Å². The summed E-state index contributed by atoms with van der Waals surface area (Å²) >= 11 is 0. The van der Waals surface area contributed by atoms with Gasteiger partial charge in [0.25, 0.3) is 0 Å². The maximum atomic E-state index is 12.6. The van der Waals surface area contributed by atoms with Gasteiger partial charge in [0.1, 0.15) is 0 Å². The number of likely N-dealkylation sites (tertiary alicyclic amines) is 1. The van der Waals surface area contributed by atoms with Crippen molar-refractivity contribution in [2.45, 2.75) is 71.6 Å². The maximum absolute atomic E-state index is 12.6. The molecule has 2 heterocycles. The fraction of sp³-hybridized carbons (Fsp3) is 0.938. The Kier molecular flexibility index (Phi) is 5.44. The number of nitrogens with zero attached hydrogens (tertiary/aromatic N) is 2. The number of rotatable bonds is 5. The molecule has 2 atom stereocenters. The van der Waals surface area contributed by atoms with Crippen molar-refractivity contribution in [3.05, 3.63) is 0 Å². The number of carbonyl (C=O) groups is 1. The van der Waals surface area contributed by atoms with Crippen LogP contribution in [0.5, 0.6) is 0 Å². The molecule has 0 bridgehead atoms. The third-order valence-electron chi connectivity index (χ3n) is 4.75. The van der Waals surface area contributed by atoms with Gasteiger partial charge >= 0.3 is 0 Å². The van der Waals surface area contributed by atoms with E-state index in [2.05, 4.69) is 42.8 Å². The lowest BCUT2D eigenvalue weighted by molar-refractivity contribution is -0.134. The fourth-order valence-corrected chi connectivity index (χ4v) is 3.63. The summed E-state index contributed by atoms with van der Waals surface area (Å²) in [6.45, 7) is 12.2. The third kappa shape index (κ3) is 3.17. The lowest BCUT2D eigenvalue weighted by Crippen LogP contribution is -2.51. The lowest BCUT2D eigenvalue weighted by atomic mass is 10.0. The largest absolute Gasteiger partial charge is 0.322 e. The molecule has 1 N–H and O–H groups in total. The number of piperidine rings is 1. The van der Waals surface area contributed by atoms with Gasteiger partial charge in [-0.15, -0.1) is 0 Å². The molecule has 4 nitrogen and oxygen atoms in total. The SMILES string of the molecule is CCCN1CCC(N2C(=O)C(CC)NC2C(C)C)CC1. The summed E-state index contributed by atoms with van der Waals surface area (Å²) in [5, 5.41) is 3.54. The Morgan fingerprint density at radius 3 is 2.40 bits per heavy atom. The molecular formula is C16H31N3O. The molecule has 2 aliphatic heterocycles. The predicted molar refractivity (Wildman–Crippen MR) is 82.4 cm³/mol. The Balaban J connectivity index is 2.01. The molecule has 4 heteroatoms. The molecule has 2 fully saturated rings. The van der Waals surface area contributed by atoms with E-state index in [9.17, 15) is 4.79 Å². The second kappa shape index (κ2) is 6.90. The van der Waals surface area contributed by atoms with Gasteiger partial charge in [0.15, 0.2) is 0 Å². The van der Waals surface area contributed by atoms with Gasteiger partial charge in [-0.05, 0) is 38.1 Å². The van der Waals surface area contributed by atoms with Crippen molar-refractivity contribution in [1.82, 2.24) is 15.1 Å². The summed E-state index contributed by atoms with van der Waals surface area (Å²) in [6, 6.07) is 0.475. The second-order valence-corrected chi connectivity index (χ2v) is 6.63. The van der Waals surface area contributed by atoms with Crippen LogP contribution >= 0.6 is 0 Å². The molecule has 0 spiro atoms. The van der Waals surface area contributed by atoms with Crippen molar-refractivity contribution in [2.75, 3.05) is 19.6 Å². The monoisotopic (exact) mass is 281 g/mol. The Morgan fingerprint density at radius 2 is 1.90 bits per heavy atom. The molecule has 2 aliphatic rings.